The Bertz CT molecular complexity index is 440. The molecular formula is C14H15ClO. The lowest BCUT2D eigenvalue weighted by molar-refractivity contribution is -0.122. The number of carbonyl (C=O) groups is 1. The molecule has 1 aromatic carbocycles. The predicted octanol–water partition coefficient (Wildman–Crippen LogP) is 3.65. The maximum absolute atomic E-state index is 11.8. The van der Waals surface area contributed by atoms with E-state index < -0.39 is 0 Å². The Balaban J connectivity index is 2.11. The predicted molar refractivity (Wildman–Crippen MR) is 64.6 cm³/mol. The second-order valence-electron chi connectivity index (χ2n) is 5.10. The summed E-state index contributed by atoms with van der Waals surface area (Å²) >= 11 is 5.90. The zero-order chi connectivity index (χ0) is 11.2. The quantitative estimate of drug-likeness (QED) is 0.678. The summed E-state index contributed by atoms with van der Waals surface area (Å²) in [5.74, 6) is 0.377. The van der Waals surface area contributed by atoms with Gasteiger partial charge in [-0.3, -0.25) is 4.79 Å². The average molecular weight is 235 g/mol. The van der Waals surface area contributed by atoms with Crippen LogP contribution in [0.3, 0.4) is 0 Å². The number of hydrogen-bond donors (Lipinski definition) is 0. The van der Waals surface area contributed by atoms with Crippen molar-refractivity contribution in [2.45, 2.75) is 38.0 Å². The van der Waals surface area contributed by atoms with E-state index >= 15 is 0 Å². The van der Waals surface area contributed by atoms with Gasteiger partial charge in [-0.1, -0.05) is 37.1 Å². The molecule has 2 aliphatic rings. The van der Waals surface area contributed by atoms with E-state index in [2.05, 4.69) is 24.3 Å². The molecule has 3 rings (SSSR count). The fraction of sp³-hybridized carbons (Fsp3) is 0.500. The first-order valence-electron chi connectivity index (χ1n) is 6.02. The van der Waals surface area contributed by atoms with Crippen LogP contribution in [0.25, 0.3) is 0 Å². The third-order valence-corrected chi connectivity index (χ3v) is 4.74. The van der Waals surface area contributed by atoms with Gasteiger partial charge in [-0.2, -0.15) is 0 Å². The van der Waals surface area contributed by atoms with Gasteiger partial charge in [-0.25, -0.2) is 0 Å². The lowest BCUT2D eigenvalue weighted by Crippen LogP contribution is -2.35. The second kappa shape index (κ2) is 3.59. The molecule has 16 heavy (non-hydrogen) atoms. The highest BCUT2D eigenvalue weighted by molar-refractivity contribution is 6.64. The van der Waals surface area contributed by atoms with Crippen LogP contribution in [-0.2, 0) is 11.2 Å². The van der Waals surface area contributed by atoms with Gasteiger partial charge in [0.2, 0.25) is 5.24 Å². The largest absolute Gasteiger partial charge is 0.281 e. The third kappa shape index (κ3) is 1.27. The van der Waals surface area contributed by atoms with Gasteiger partial charge in [0.1, 0.15) is 0 Å². The summed E-state index contributed by atoms with van der Waals surface area (Å²) in [4.78, 5) is 11.8. The van der Waals surface area contributed by atoms with E-state index in [-0.39, 0.29) is 10.7 Å². The second-order valence-corrected chi connectivity index (χ2v) is 5.45. The SMILES string of the molecule is O=C(Cl)[C@@]12CCCC[C@@H]1c1ccccc1C2. The maximum atomic E-state index is 11.8. The molecule has 0 aromatic heterocycles. The van der Waals surface area contributed by atoms with Crippen LogP contribution in [0.5, 0.6) is 0 Å². The van der Waals surface area contributed by atoms with Crippen molar-refractivity contribution in [3.63, 3.8) is 0 Å². The molecule has 1 fully saturated rings. The van der Waals surface area contributed by atoms with Gasteiger partial charge in [0.05, 0.1) is 5.41 Å². The molecule has 0 heterocycles. The molecule has 1 saturated carbocycles. The number of halogens is 1. The molecule has 1 nitrogen and oxygen atoms in total. The van der Waals surface area contributed by atoms with Gasteiger partial charge in [0.25, 0.3) is 0 Å². The van der Waals surface area contributed by atoms with Crippen molar-refractivity contribution in [1.29, 1.82) is 0 Å². The topological polar surface area (TPSA) is 17.1 Å². The Hall–Kier alpha value is -0.820. The van der Waals surface area contributed by atoms with Crippen LogP contribution in [0, 0.1) is 5.41 Å². The van der Waals surface area contributed by atoms with E-state index in [0.717, 1.165) is 25.7 Å². The van der Waals surface area contributed by atoms with Crippen molar-refractivity contribution in [3.8, 4) is 0 Å². The fourth-order valence-electron chi connectivity index (χ4n) is 3.58. The number of hydrogen-bond acceptors (Lipinski definition) is 1. The van der Waals surface area contributed by atoms with Crippen LogP contribution in [0.4, 0.5) is 0 Å². The van der Waals surface area contributed by atoms with Crippen LogP contribution in [0.15, 0.2) is 24.3 Å². The highest BCUT2D eigenvalue weighted by Gasteiger charge is 2.51. The minimum atomic E-state index is -0.274. The van der Waals surface area contributed by atoms with Crippen molar-refractivity contribution < 1.29 is 4.79 Å². The Morgan fingerprint density at radius 2 is 2.12 bits per heavy atom. The van der Waals surface area contributed by atoms with E-state index in [0.29, 0.717) is 5.92 Å². The number of carbonyl (C=O) groups excluding carboxylic acids is 1. The van der Waals surface area contributed by atoms with Gasteiger partial charge >= 0.3 is 0 Å². The number of rotatable bonds is 1. The molecule has 0 saturated heterocycles. The molecule has 2 aliphatic carbocycles. The zero-order valence-electron chi connectivity index (χ0n) is 9.21. The van der Waals surface area contributed by atoms with Crippen LogP contribution in [0.2, 0.25) is 0 Å². The molecule has 1 aromatic rings. The van der Waals surface area contributed by atoms with Crippen molar-refractivity contribution in [2.75, 3.05) is 0 Å². The Morgan fingerprint density at radius 1 is 1.31 bits per heavy atom. The first kappa shape index (κ1) is 10.3. The average Bonchev–Trinajstić information content (AvgIpc) is 2.64. The molecule has 0 bridgehead atoms. The van der Waals surface area contributed by atoms with Gasteiger partial charge in [-0.15, -0.1) is 0 Å². The standard InChI is InChI=1S/C14H15ClO/c15-13(16)14-8-4-3-7-12(14)11-6-2-1-5-10(11)9-14/h1-2,5-6,12H,3-4,7-9H2/t12-,14-/m1/s1. The summed E-state index contributed by atoms with van der Waals surface area (Å²) in [6, 6.07) is 8.45. The monoisotopic (exact) mass is 234 g/mol. The summed E-state index contributed by atoms with van der Waals surface area (Å²) in [7, 11) is 0. The smallest absolute Gasteiger partial charge is 0.228 e. The molecule has 0 radical (unpaired) electrons. The highest BCUT2D eigenvalue weighted by Crippen LogP contribution is 2.56. The lowest BCUT2D eigenvalue weighted by Gasteiger charge is -2.36. The van der Waals surface area contributed by atoms with Crippen molar-refractivity contribution >= 4 is 16.8 Å². The number of benzene rings is 1. The van der Waals surface area contributed by atoms with Crippen molar-refractivity contribution in [3.05, 3.63) is 35.4 Å². The molecule has 0 spiro atoms. The van der Waals surface area contributed by atoms with E-state index in [1.165, 1.54) is 17.5 Å². The normalized spacial score (nSPS) is 31.9. The summed E-state index contributed by atoms with van der Waals surface area (Å²) in [6.07, 6.45) is 5.31. The van der Waals surface area contributed by atoms with E-state index in [9.17, 15) is 4.79 Å². The molecule has 0 aliphatic heterocycles. The van der Waals surface area contributed by atoms with E-state index in [4.69, 9.17) is 11.6 Å². The molecular weight excluding hydrogens is 220 g/mol. The Kier molecular flexibility index (Phi) is 2.32. The Morgan fingerprint density at radius 3 is 2.94 bits per heavy atom. The minimum absolute atomic E-state index is 0.117. The zero-order valence-corrected chi connectivity index (χ0v) is 9.96. The van der Waals surface area contributed by atoms with Gasteiger partial charge in [-0.05, 0) is 47.9 Å². The molecule has 0 unspecified atom stereocenters. The first-order valence-corrected chi connectivity index (χ1v) is 6.39. The van der Waals surface area contributed by atoms with E-state index in [1.54, 1.807) is 0 Å². The van der Waals surface area contributed by atoms with Crippen molar-refractivity contribution in [2.24, 2.45) is 5.41 Å². The van der Waals surface area contributed by atoms with Gasteiger partial charge in [0.15, 0.2) is 0 Å². The van der Waals surface area contributed by atoms with Crippen LogP contribution >= 0.6 is 11.6 Å². The fourth-order valence-corrected chi connectivity index (χ4v) is 3.88. The van der Waals surface area contributed by atoms with E-state index in [1.807, 2.05) is 0 Å². The van der Waals surface area contributed by atoms with Crippen LogP contribution in [-0.4, -0.2) is 5.24 Å². The third-order valence-electron chi connectivity index (χ3n) is 4.36. The summed E-state index contributed by atoms with van der Waals surface area (Å²) in [5.41, 5.74) is 2.43. The molecule has 0 amide bonds. The lowest BCUT2D eigenvalue weighted by atomic mass is 9.67. The number of fused-ring (bicyclic) bond motifs is 3. The van der Waals surface area contributed by atoms with Crippen LogP contribution in [0.1, 0.15) is 42.7 Å². The minimum Gasteiger partial charge on any atom is -0.281 e. The highest BCUT2D eigenvalue weighted by atomic mass is 35.5. The Labute approximate surface area is 101 Å². The first-order chi connectivity index (χ1) is 7.74. The molecule has 84 valence electrons. The van der Waals surface area contributed by atoms with Gasteiger partial charge < -0.3 is 0 Å². The molecule has 2 atom stereocenters. The summed E-state index contributed by atoms with van der Waals surface area (Å²) in [5, 5.41) is -0.117. The summed E-state index contributed by atoms with van der Waals surface area (Å²) in [6.45, 7) is 0. The van der Waals surface area contributed by atoms with Crippen LogP contribution < -0.4 is 0 Å². The molecule has 2 heteroatoms. The summed E-state index contributed by atoms with van der Waals surface area (Å²) < 4.78 is 0. The maximum Gasteiger partial charge on any atom is 0.228 e. The van der Waals surface area contributed by atoms with Crippen molar-refractivity contribution in [1.82, 2.24) is 0 Å². The van der Waals surface area contributed by atoms with Gasteiger partial charge in [0, 0.05) is 0 Å². The molecule has 0 N–H and O–H groups in total.